The second-order valence-electron chi connectivity index (χ2n) is 5.20. The van der Waals surface area contributed by atoms with Crippen molar-refractivity contribution < 1.29 is 14.7 Å². The van der Waals surface area contributed by atoms with Crippen LogP contribution in [0, 0.1) is 0 Å². The molecule has 1 aliphatic rings. The number of rotatable bonds is 4. The van der Waals surface area contributed by atoms with Gasteiger partial charge in [0.2, 0.25) is 5.91 Å². The highest BCUT2D eigenvalue weighted by Crippen LogP contribution is 2.21. The lowest BCUT2D eigenvalue weighted by Crippen LogP contribution is -2.40. The van der Waals surface area contributed by atoms with Crippen LogP contribution in [-0.2, 0) is 11.3 Å². The fourth-order valence-corrected chi connectivity index (χ4v) is 2.75. The number of carboxylic acids is 1. The first kappa shape index (κ1) is 14.5. The second kappa shape index (κ2) is 6.52. The first-order valence-corrected chi connectivity index (χ1v) is 6.94. The summed E-state index contributed by atoms with van der Waals surface area (Å²) in [7, 11) is 0. The van der Waals surface area contributed by atoms with E-state index in [1.807, 2.05) is 17.0 Å². The molecule has 1 heterocycles. The number of amides is 1. The number of hydrogen-bond donors (Lipinski definition) is 2. The molecule has 3 N–H and O–H groups in total. The van der Waals surface area contributed by atoms with Crippen molar-refractivity contribution in [1.29, 1.82) is 0 Å². The molecule has 1 saturated heterocycles. The smallest absolute Gasteiger partial charge is 0.320 e. The van der Waals surface area contributed by atoms with E-state index >= 15 is 0 Å². The first-order chi connectivity index (χ1) is 9.59. The average Bonchev–Trinajstić information content (AvgIpc) is 2.64. The Morgan fingerprint density at radius 1 is 1.25 bits per heavy atom. The van der Waals surface area contributed by atoms with Gasteiger partial charge in [-0.05, 0) is 31.0 Å². The summed E-state index contributed by atoms with van der Waals surface area (Å²) in [5.41, 5.74) is 6.64. The van der Waals surface area contributed by atoms with Crippen molar-refractivity contribution in [3.63, 3.8) is 0 Å². The van der Waals surface area contributed by atoms with E-state index in [9.17, 15) is 14.7 Å². The average molecular weight is 276 g/mol. The summed E-state index contributed by atoms with van der Waals surface area (Å²) in [6, 6.07) is 6.66. The van der Waals surface area contributed by atoms with Crippen LogP contribution in [0.2, 0.25) is 0 Å². The molecule has 1 aliphatic heterocycles. The van der Waals surface area contributed by atoms with Crippen molar-refractivity contribution in [2.45, 2.75) is 38.3 Å². The standard InChI is InChI=1S/C15H20N2O3/c16-14(18)12-7-4-3-6-11(12)10-17-9-5-1-2-8-13(17)15(19)20/h3-4,6-7,13H,1-2,5,8-10H2,(H2,16,18)(H,19,20). The van der Waals surface area contributed by atoms with Crippen LogP contribution in [-0.4, -0.2) is 34.5 Å². The lowest BCUT2D eigenvalue weighted by Gasteiger charge is -2.27. The summed E-state index contributed by atoms with van der Waals surface area (Å²) in [6.07, 6.45) is 3.64. The van der Waals surface area contributed by atoms with E-state index in [-0.39, 0.29) is 0 Å². The molecule has 0 radical (unpaired) electrons. The molecule has 5 nitrogen and oxygen atoms in total. The number of nitrogens with two attached hydrogens (primary N) is 1. The molecule has 1 amide bonds. The maximum atomic E-state index is 11.4. The normalized spacial score (nSPS) is 20.3. The Kier molecular flexibility index (Phi) is 4.74. The van der Waals surface area contributed by atoms with E-state index in [1.54, 1.807) is 12.1 Å². The van der Waals surface area contributed by atoms with Crippen molar-refractivity contribution in [2.24, 2.45) is 5.73 Å². The summed E-state index contributed by atoms with van der Waals surface area (Å²) in [5, 5.41) is 9.36. The van der Waals surface area contributed by atoms with E-state index in [2.05, 4.69) is 0 Å². The van der Waals surface area contributed by atoms with Gasteiger partial charge in [0, 0.05) is 12.1 Å². The van der Waals surface area contributed by atoms with E-state index in [4.69, 9.17) is 5.73 Å². The van der Waals surface area contributed by atoms with Crippen LogP contribution in [0.1, 0.15) is 41.6 Å². The molecule has 5 heteroatoms. The van der Waals surface area contributed by atoms with E-state index in [1.165, 1.54) is 0 Å². The maximum absolute atomic E-state index is 11.4. The highest BCUT2D eigenvalue weighted by atomic mass is 16.4. The predicted octanol–water partition coefficient (Wildman–Crippen LogP) is 1.61. The minimum absolute atomic E-state index is 0.454. The third kappa shape index (κ3) is 3.36. The summed E-state index contributed by atoms with van der Waals surface area (Å²) in [6.45, 7) is 1.19. The van der Waals surface area contributed by atoms with Gasteiger partial charge >= 0.3 is 5.97 Å². The molecule has 1 fully saturated rings. The minimum Gasteiger partial charge on any atom is -0.480 e. The molecule has 2 rings (SSSR count). The summed E-state index contributed by atoms with van der Waals surface area (Å²) < 4.78 is 0. The molecule has 0 saturated carbocycles. The Morgan fingerprint density at radius 2 is 2.00 bits per heavy atom. The maximum Gasteiger partial charge on any atom is 0.320 e. The van der Waals surface area contributed by atoms with Crippen LogP contribution in [0.25, 0.3) is 0 Å². The molecule has 0 aliphatic carbocycles. The molecule has 1 aromatic rings. The van der Waals surface area contributed by atoms with Crippen molar-refractivity contribution in [3.8, 4) is 0 Å². The topological polar surface area (TPSA) is 83.6 Å². The zero-order valence-corrected chi connectivity index (χ0v) is 11.4. The number of carbonyl (C=O) groups is 2. The van der Waals surface area contributed by atoms with Gasteiger partial charge in [-0.3, -0.25) is 14.5 Å². The number of hydrogen-bond acceptors (Lipinski definition) is 3. The van der Waals surface area contributed by atoms with Gasteiger partial charge in [0.25, 0.3) is 0 Å². The highest BCUT2D eigenvalue weighted by molar-refractivity contribution is 5.94. The fraction of sp³-hybridized carbons (Fsp3) is 0.467. The Morgan fingerprint density at radius 3 is 2.70 bits per heavy atom. The number of carboxylic acid groups (broad SMARTS) is 1. The predicted molar refractivity (Wildman–Crippen MR) is 75.3 cm³/mol. The lowest BCUT2D eigenvalue weighted by molar-refractivity contribution is -0.143. The number of benzene rings is 1. The van der Waals surface area contributed by atoms with Crippen molar-refractivity contribution in [2.75, 3.05) is 6.54 Å². The SMILES string of the molecule is NC(=O)c1ccccc1CN1CCCCCC1C(=O)O. The molecule has 0 aromatic heterocycles. The quantitative estimate of drug-likeness (QED) is 0.875. The van der Waals surface area contributed by atoms with Gasteiger partial charge in [-0.15, -0.1) is 0 Å². The first-order valence-electron chi connectivity index (χ1n) is 6.94. The van der Waals surface area contributed by atoms with Gasteiger partial charge < -0.3 is 10.8 Å². The number of likely N-dealkylation sites (tertiary alicyclic amines) is 1. The molecule has 1 unspecified atom stereocenters. The summed E-state index contributed by atoms with van der Waals surface area (Å²) in [4.78, 5) is 24.8. The van der Waals surface area contributed by atoms with Gasteiger partial charge in [0.05, 0.1) is 0 Å². The number of carbonyl (C=O) groups excluding carboxylic acids is 1. The molecule has 108 valence electrons. The molecule has 0 bridgehead atoms. The van der Waals surface area contributed by atoms with Gasteiger partial charge in [0.15, 0.2) is 0 Å². The lowest BCUT2D eigenvalue weighted by atomic mass is 10.0. The third-order valence-electron chi connectivity index (χ3n) is 3.80. The summed E-state index contributed by atoms with van der Waals surface area (Å²) >= 11 is 0. The molecule has 1 aromatic carbocycles. The fourth-order valence-electron chi connectivity index (χ4n) is 2.75. The van der Waals surface area contributed by atoms with Crippen molar-refractivity contribution in [3.05, 3.63) is 35.4 Å². The van der Waals surface area contributed by atoms with E-state index in [0.717, 1.165) is 31.4 Å². The van der Waals surface area contributed by atoms with Crippen LogP contribution >= 0.6 is 0 Å². The van der Waals surface area contributed by atoms with Gasteiger partial charge in [-0.25, -0.2) is 0 Å². The zero-order valence-electron chi connectivity index (χ0n) is 11.4. The van der Waals surface area contributed by atoms with Crippen LogP contribution in [0.15, 0.2) is 24.3 Å². The minimum atomic E-state index is -0.788. The van der Waals surface area contributed by atoms with Gasteiger partial charge in [-0.1, -0.05) is 31.0 Å². The van der Waals surface area contributed by atoms with Crippen LogP contribution < -0.4 is 5.73 Å². The monoisotopic (exact) mass is 276 g/mol. The molecule has 20 heavy (non-hydrogen) atoms. The number of primary amides is 1. The Balaban J connectivity index is 2.22. The Labute approximate surface area is 118 Å². The summed E-state index contributed by atoms with van der Waals surface area (Å²) in [5.74, 6) is -1.26. The van der Waals surface area contributed by atoms with Crippen LogP contribution in [0.5, 0.6) is 0 Å². The largest absolute Gasteiger partial charge is 0.480 e. The van der Waals surface area contributed by atoms with Crippen molar-refractivity contribution in [1.82, 2.24) is 4.90 Å². The molecule has 0 spiro atoms. The number of aliphatic carboxylic acids is 1. The van der Waals surface area contributed by atoms with E-state index in [0.29, 0.717) is 18.5 Å². The molecular weight excluding hydrogens is 256 g/mol. The van der Waals surface area contributed by atoms with Gasteiger partial charge in [-0.2, -0.15) is 0 Å². The Bertz CT molecular complexity index is 502. The van der Waals surface area contributed by atoms with Crippen LogP contribution in [0.3, 0.4) is 0 Å². The van der Waals surface area contributed by atoms with Gasteiger partial charge in [0.1, 0.15) is 6.04 Å². The molecule has 1 atom stereocenters. The molecular formula is C15H20N2O3. The third-order valence-corrected chi connectivity index (χ3v) is 3.80. The number of nitrogens with zero attached hydrogens (tertiary/aromatic N) is 1. The second-order valence-corrected chi connectivity index (χ2v) is 5.20. The van der Waals surface area contributed by atoms with Crippen molar-refractivity contribution >= 4 is 11.9 Å². The van der Waals surface area contributed by atoms with E-state index < -0.39 is 17.9 Å². The zero-order chi connectivity index (χ0) is 14.5. The highest BCUT2D eigenvalue weighted by Gasteiger charge is 2.27. The Hall–Kier alpha value is -1.88. The van der Waals surface area contributed by atoms with Crippen LogP contribution in [0.4, 0.5) is 0 Å².